The Kier molecular flexibility index (Phi) is 3.50. The molecule has 1 aromatic heterocycles. The molecule has 2 aromatic carbocycles. The fraction of sp³-hybridized carbons (Fsp3) is 0.0625. The highest BCUT2D eigenvalue weighted by Crippen LogP contribution is 2.34. The van der Waals surface area contributed by atoms with E-state index in [1.165, 1.54) is 0 Å². The topological polar surface area (TPSA) is 59.1 Å². The van der Waals surface area contributed by atoms with Crippen LogP contribution in [0.5, 0.6) is 5.75 Å². The van der Waals surface area contributed by atoms with Crippen molar-refractivity contribution in [1.29, 1.82) is 0 Å². The van der Waals surface area contributed by atoms with Crippen molar-refractivity contribution in [3.05, 3.63) is 59.5 Å². The van der Waals surface area contributed by atoms with Gasteiger partial charge in [0.25, 0.3) is 0 Å². The van der Waals surface area contributed by atoms with Gasteiger partial charge in [-0.25, -0.2) is 4.98 Å². The fourth-order valence-corrected chi connectivity index (χ4v) is 3.03. The lowest BCUT2D eigenvalue weighted by atomic mass is 10.1. The van der Waals surface area contributed by atoms with Crippen LogP contribution in [0.15, 0.2) is 54.6 Å². The Morgan fingerprint density at radius 1 is 1.00 bits per heavy atom. The Bertz CT molecular complexity index is 722. The van der Waals surface area contributed by atoms with Gasteiger partial charge in [0, 0.05) is 22.5 Å². The summed E-state index contributed by atoms with van der Waals surface area (Å²) in [6.45, 7) is 0.459. The summed E-state index contributed by atoms with van der Waals surface area (Å²) in [5, 5.41) is 10.5. The van der Waals surface area contributed by atoms with E-state index in [1.807, 2.05) is 42.5 Å². The van der Waals surface area contributed by atoms with Gasteiger partial charge in [0.15, 0.2) is 0 Å². The fourth-order valence-electron chi connectivity index (χ4n) is 2.07. The zero-order valence-electron chi connectivity index (χ0n) is 10.8. The summed E-state index contributed by atoms with van der Waals surface area (Å²) in [7, 11) is 0. The molecule has 0 spiro atoms. The first-order chi connectivity index (χ1) is 9.78. The number of hydrogen-bond acceptors (Lipinski definition) is 4. The Morgan fingerprint density at radius 2 is 1.75 bits per heavy atom. The Hall–Kier alpha value is -2.17. The van der Waals surface area contributed by atoms with Gasteiger partial charge in [-0.05, 0) is 12.1 Å². The van der Waals surface area contributed by atoms with Crippen LogP contribution in [0, 0.1) is 0 Å². The molecule has 3 aromatic rings. The first-order valence-electron chi connectivity index (χ1n) is 6.32. The molecule has 100 valence electrons. The van der Waals surface area contributed by atoms with Crippen molar-refractivity contribution >= 4 is 11.3 Å². The van der Waals surface area contributed by atoms with Crippen LogP contribution < -0.4 is 5.73 Å². The zero-order valence-corrected chi connectivity index (χ0v) is 11.6. The van der Waals surface area contributed by atoms with Crippen LogP contribution in [-0.2, 0) is 6.54 Å². The number of nitrogens with zero attached hydrogens (tertiary/aromatic N) is 1. The van der Waals surface area contributed by atoms with Crippen LogP contribution >= 0.6 is 11.3 Å². The molecule has 3 rings (SSSR count). The molecular weight excluding hydrogens is 268 g/mol. The molecule has 0 atom stereocenters. The van der Waals surface area contributed by atoms with Crippen molar-refractivity contribution in [1.82, 2.24) is 4.98 Å². The number of nitrogens with two attached hydrogens (primary N) is 1. The van der Waals surface area contributed by atoms with Crippen molar-refractivity contribution in [2.24, 2.45) is 5.73 Å². The molecule has 0 unspecified atom stereocenters. The Morgan fingerprint density at radius 3 is 2.45 bits per heavy atom. The van der Waals surface area contributed by atoms with Crippen LogP contribution in [0.2, 0.25) is 0 Å². The summed E-state index contributed by atoms with van der Waals surface area (Å²) in [6.07, 6.45) is 0. The number of aromatic hydroxyl groups is 1. The van der Waals surface area contributed by atoms with Gasteiger partial charge in [-0.2, -0.15) is 0 Å². The van der Waals surface area contributed by atoms with Crippen molar-refractivity contribution in [2.75, 3.05) is 0 Å². The third-order valence-corrected chi connectivity index (χ3v) is 4.15. The monoisotopic (exact) mass is 282 g/mol. The van der Waals surface area contributed by atoms with Gasteiger partial charge < -0.3 is 10.8 Å². The molecule has 3 N–H and O–H groups in total. The Balaban J connectivity index is 2.10. The van der Waals surface area contributed by atoms with Crippen LogP contribution in [-0.4, -0.2) is 10.1 Å². The molecule has 3 nitrogen and oxygen atoms in total. The summed E-state index contributed by atoms with van der Waals surface area (Å²) < 4.78 is 0. The summed E-state index contributed by atoms with van der Waals surface area (Å²) in [5.41, 5.74) is 8.73. The second kappa shape index (κ2) is 5.45. The van der Waals surface area contributed by atoms with E-state index < -0.39 is 0 Å². The molecule has 0 amide bonds. The highest BCUT2D eigenvalue weighted by atomic mass is 32.1. The van der Waals surface area contributed by atoms with E-state index in [9.17, 15) is 5.11 Å². The quantitative estimate of drug-likeness (QED) is 0.771. The number of phenolic OH excluding ortho intramolecular Hbond substituents is 1. The maximum atomic E-state index is 9.58. The minimum Gasteiger partial charge on any atom is -0.508 e. The lowest BCUT2D eigenvalue weighted by Gasteiger charge is -1.99. The van der Waals surface area contributed by atoms with Crippen molar-refractivity contribution in [3.8, 4) is 27.6 Å². The van der Waals surface area contributed by atoms with Gasteiger partial charge in [-0.3, -0.25) is 0 Å². The molecule has 0 saturated carbocycles. The van der Waals surface area contributed by atoms with Crippen LogP contribution in [0.25, 0.3) is 21.8 Å². The molecule has 20 heavy (non-hydrogen) atoms. The summed E-state index contributed by atoms with van der Waals surface area (Å²) in [4.78, 5) is 5.74. The van der Waals surface area contributed by atoms with Gasteiger partial charge in [0.05, 0.1) is 5.69 Å². The maximum absolute atomic E-state index is 9.58. The molecular formula is C16H14N2OS. The lowest BCUT2D eigenvalue weighted by molar-refractivity contribution is 0.475. The summed E-state index contributed by atoms with van der Waals surface area (Å²) >= 11 is 1.57. The smallest absolute Gasteiger partial charge is 0.124 e. The first-order valence-corrected chi connectivity index (χ1v) is 7.14. The lowest BCUT2D eigenvalue weighted by Crippen LogP contribution is -1.95. The van der Waals surface area contributed by atoms with Gasteiger partial charge in [-0.15, -0.1) is 11.3 Å². The minimum atomic E-state index is 0.244. The van der Waals surface area contributed by atoms with E-state index in [1.54, 1.807) is 23.5 Å². The highest BCUT2D eigenvalue weighted by Gasteiger charge is 2.13. The molecule has 4 heteroatoms. The standard InChI is InChI=1S/C16H14N2OS/c17-10-14-15(11-5-2-1-3-6-11)18-16(20-14)12-7-4-8-13(19)9-12/h1-9,19H,10,17H2. The normalized spacial score (nSPS) is 10.7. The molecule has 1 heterocycles. The number of hydrogen-bond donors (Lipinski definition) is 2. The second-order valence-corrected chi connectivity index (χ2v) is 5.49. The van der Waals surface area contributed by atoms with E-state index in [4.69, 9.17) is 10.7 Å². The molecule has 0 aliphatic carbocycles. The minimum absolute atomic E-state index is 0.244. The molecule has 0 fully saturated rings. The predicted molar refractivity (Wildman–Crippen MR) is 82.5 cm³/mol. The summed E-state index contributed by atoms with van der Waals surface area (Å²) in [6, 6.07) is 17.1. The van der Waals surface area contributed by atoms with E-state index in [2.05, 4.69) is 0 Å². The number of benzene rings is 2. The number of aromatic nitrogens is 1. The average molecular weight is 282 g/mol. The van der Waals surface area contributed by atoms with Crippen LogP contribution in [0.3, 0.4) is 0 Å². The average Bonchev–Trinajstić information content (AvgIpc) is 2.92. The molecule has 0 aliphatic heterocycles. The zero-order chi connectivity index (χ0) is 13.9. The molecule has 0 aliphatic rings. The van der Waals surface area contributed by atoms with Gasteiger partial charge in [-0.1, -0.05) is 42.5 Å². The van der Waals surface area contributed by atoms with Gasteiger partial charge in [0.1, 0.15) is 10.8 Å². The third-order valence-electron chi connectivity index (χ3n) is 3.02. The second-order valence-electron chi connectivity index (χ2n) is 4.41. The van der Waals surface area contributed by atoms with E-state index in [0.29, 0.717) is 6.54 Å². The van der Waals surface area contributed by atoms with Gasteiger partial charge in [0.2, 0.25) is 0 Å². The van der Waals surface area contributed by atoms with Crippen molar-refractivity contribution in [2.45, 2.75) is 6.54 Å². The summed E-state index contributed by atoms with van der Waals surface area (Å²) in [5.74, 6) is 0.244. The van der Waals surface area contributed by atoms with Gasteiger partial charge >= 0.3 is 0 Å². The number of phenols is 1. The largest absolute Gasteiger partial charge is 0.508 e. The Labute approximate surface area is 121 Å². The SMILES string of the molecule is NCc1sc(-c2cccc(O)c2)nc1-c1ccccc1. The number of rotatable bonds is 3. The highest BCUT2D eigenvalue weighted by molar-refractivity contribution is 7.15. The molecule has 0 bridgehead atoms. The van der Waals surface area contributed by atoms with E-state index in [0.717, 1.165) is 26.7 Å². The van der Waals surface area contributed by atoms with Crippen LogP contribution in [0.1, 0.15) is 4.88 Å². The maximum Gasteiger partial charge on any atom is 0.124 e. The van der Waals surface area contributed by atoms with Crippen molar-refractivity contribution < 1.29 is 5.11 Å². The van der Waals surface area contributed by atoms with E-state index >= 15 is 0 Å². The number of thiazole rings is 1. The van der Waals surface area contributed by atoms with Crippen molar-refractivity contribution in [3.63, 3.8) is 0 Å². The molecule has 0 saturated heterocycles. The first kappa shape index (κ1) is 12.8. The van der Waals surface area contributed by atoms with Crippen LogP contribution in [0.4, 0.5) is 0 Å². The van der Waals surface area contributed by atoms with E-state index in [-0.39, 0.29) is 5.75 Å². The molecule has 0 radical (unpaired) electrons. The third kappa shape index (κ3) is 2.43. The predicted octanol–water partition coefficient (Wildman–Crippen LogP) is 3.64.